The van der Waals surface area contributed by atoms with Gasteiger partial charge in [-0.15, -0.1) is 0 Å². The van der Waals surface area contributed by atoms with Gasteiger partial charge >= 0.3 is 0 Å². The Labute approximate surface area is 139 Å². The van der Waals surface area contributed by atoms with Gasteiger partial charge < -0.3 is 4.74 Å². The molecule has 2 aliphatic heterocycles. The Bertz CT molecular complexity index is 600. The summed E-state index contributed by atoms with van der Waals surface area (Å²) in [5.74, 6) is 0. The molecule has 1 aromatic rings. The molecule has 0 spiro atoms. The highest BCUT2D eigenvalue weighted by Gasteiger charge is 2.36. The number of ether oxygens (including phenoxy) is 1. The monoisotopic (exact) mass is 338 g/mol. The van der Waals surface area contributed by atoms with Gasteiger partial charge in [-0.2, -0.15) is 0 Å². The molecule has 128 valence electrons. The number of hydrogen-bond acceptors (Lipinski definition) is 4. The van der Waals surface area contributed by atoms with E-state index in [9.17, 15) is 8.42 Å². The van der Waals surface area contributed by atoms with Crippen molar-refractivity contribution in [3.8, 4) is 0 Å². The van der Waals surface area contributed by atoms with Crippen molar-refractivity contribution in [3.05, 3.63) is 35.9 Å². The molecular formula is C17H26N2O3S. The van der Waals surface area contributed by atoms with Crippen molar-refractivity contribution < 1.29 is 13.2 Å². The maximum atomic E-state index is 12.7. The van der Waals surface area contributed by atoms with Gasteiger partial charge in [0.1, 0.15) is 5.25 Å². The standard InChI is InChI=1S/C17H26N2O3S/c1-15-7-9-19(23(20,21)17-8-12-22-14-17)11-10-18(15)13-16-5-3-2-4-6-16/h2-6,15,17H,7-14H2,1H3/t15-,17+/m1/s1. The molecule has 3 rings (SSSR count). The summed E-state index contributed by atoms with van der Waals surface area (Å²) < 4.78 is 32.4. The summed E-state index contributed by atoms with van der Waals surface area (Å²) >= 11 is 0. The average Bonchev–Trinajstić information content (AvgIpc) is 3.03. The van der Waals surface area contributed by atoms with Gasteiger partial charge in [-0.3, -0.25) is 4.90 Å². The summed E-state index contributed by atoms with van der Waals surface area (Å²) in [5.41, 5.74) is 1.28. The largest absolute Gasteiger partial charge is 0.380 e. The Morgan fingerprint density at radius 1 is 1.13 bits per heavy atom. The fraction of sp³-hybridized carbons (Fsp3) is 0.647. The van der Waals surface area contributed by atoms with Crippen LogP contribution in [0.5, 0.6) is 0 Å². The van der Waals surface area contributed by atoms with Gasteiger partial charge in [0.15, 0.2) is 0 Å². The Hall–Kier alpha value is -0.950. The number of sulfonamides is 1. The van der Waals surface area contributed by atoms with Crippen LogP contribution in [0, 0.1) is 0 Å². The van der Waals surface area contributed by atoms with Gasteiger partial charge in [0, 0.05) is 38.8 Å². The quantitative estimate of drug-likeness (QED) is 0.838. The van der Waals surface area contributed by atoms with E-state index in [1.54, 1.807) is 4.31 Å². The molecule has 2 saturated heterocycles. The minimum atomic E-state index is -3.22. The zero-order chi connectivity index (χ0) is 16.3. The number of rotatable bonds is 4. The third kappa shape index (κ3) is 3.94. The molecule has 2 heterocycles. The Balaban J connectivity index is 1.65. The van der Waals surface area contributed by atoms with Gasteiger partial charge in [-0.25, -0.2) is 12.7 Å². The van der Waals surface area contributed by atoms with E-state index in [4.69, 9.17) is 4.74 Å². The lowest BCUT2D eigenvalue weighted by Crippen LogP contribution is -2.41. The van der Waals surface area contributed by atoms with Crippen molar-refractivity contribution in [1.29, 1.82) is 0 Å². The third-order valence-electron chi connectivity index (χ3n) is 4.95. The van der Waals surface area contributed by atoms with Crippen LogP contribution in [0.25, 0.3) is 0 Å². The summed E-state index contributed by atoms with van der Waals surface area (Å²) in [5, 5.41) is -0.349. The van der Waals surface area contributed by atoms with Crippen LogP contribution in [-0.2, 0) is 21.3 Å². The summed E-state index contributed by atoms with van der Waals surface area (Å²) in [6.45, 7) is 5.96. The maximum absolute atomic E-state index is 12.7. The number of benzene rings is 1. The topological polar surface area (TPSA) is 49.9 Å². The predicted molar refractivity (Wildman–Crippen MR) is 90.6 cm³/mol. The fourth-order valence-electron chi connectivity index (χ4n) is 3.35. The highest BCUT2D eigenvalue weighted by molar-refractivity contribution is 7.89. The second-order valence-electron chi connectivity index (χ2n) is 6.52. The van der Waals surface area contributed by atoms with Crippen LogP contribution in [0.4, 0.5) is 0 Å². The van der Waals surface area contributed by atoms with Crippen molar-refractivity contribution in [2.45, 2.75) is 37.6 Å². The van der Waals surface area contributed by atoms with Crippen molar-refractivity contribution in [1.82, 2.24) is 9.21 Å². The molecule has 0 bridgehead atoms. The molecule has 0 radical (unpaired) electrons. The van der Waals surface area contributed by atoms with Gasteiger partial charge in [0.2, 0.25) is 10.0 Å². The maximum Gasteiger partial charge on any atom is 0.219 e. The first-order chi connectivity index (χ1) is 11.1. The van der Waals surface area contributed by atoms with Crippen molar-refractivity contribution >= 4 is 10.0 Å². The lowest BCUT2D eigenvalue weighted by atomic mass is 10.1. The highest BCUT2D eigenvalue weighted by Crippen LogP contribution is 2.22. The van der Waals surface area contributed by atoms with E-state index in [-0.39, 0.29) is 5.25 Å². The summed E-state index contributed by atoms with van der Waals surface area (Å²) in [6, 6.07) is 10.8. The summed E-state index contributed by atoms with van der Waals surface area (Å²) in [6.07, 6.45) is 1.50. The molecule has 0 N–H and O–H groups in total. The van der Waals surface area contributed by atoms with E-state index in [1.165, 1.54) is 5.56 Å². The first-order valence-electron chi connectivity index (χ1n) is 8.42. The highest BCUT2D eigenvalue weighted by atomic mass is 32.2. The molecule has 0 aromatic heterocycles. The van der Waals surface area contributed by atoms with E-state index < -0.39 is 10.0 Å². The van der Waals surface area contributed by atoms with Crippen LogP contribution >= 0.6 is 0 Å². The van der Waals surface area contributed by atoms with Crippen molar-refractivity contribution in [2.75, 3.05) is 32.8 Å². The van der Waals surface area contributed by atoms with E-state index in [0.29, 0.717) is 38.8 Å². The molecule has 2 atom stereocenters. The number of hydrogen-bond donors (Lipinski definition) is 0. The molecule has 2 fully saturated rings. The van der Waals surface area contributed by atoms with E-state index in [1.807, 2.05) is 6.07 Å². The fourth-order valence-corrected chi connectivity index (χ4v) is 5.13. The molecular weight excluding hydrogens is 312 g/mol. The minimum absolute atomic E-state index is 0.349. The smallest absolute Gasteiger partial charge is 0.219 e. The van der Waals surface area contributed by atoms with Crippen LogP contribution in [-0.4, -0.2) is 61.8 Å². The van der Waals surface area contributed by atoms with Crippen molar-refractivity contribution in [3.63, 3.8) is 0 Å². The van der Waals surface area contributed by atoms with Crippen LogP contribution in [0.3, 0.4) is 0 Å². The molecule has 5 nitrogen and oxygen atoms in total. The van der Waals surface area contributed by atoms with Gasteiger partial charge in [-0.05, 0) is 25.3 Å². The third-order valence-corrected chi connectivity index (χ3v) is 7.25. The second kappa shape index (κ2) is 7.30. The van der Waals surface area contributed by atoms with Crippen LogP contribution < -0.4 is 0 Å². The van der Waals surface area contributed by atoms with Gasteiger partial charge in [0.05, 0.1) is 6.61 Å². The lowest BCUT2D eigenvalue weighted by molar-refractivity contribution is 0.197. The first kappa shape index (κ1) is 16.9. The molecule has 2 aliphatic rings. The molecule has 1 aromatic carbocycles. The molecule has 23 heavy (non-hydrogen) atoms. The SMILES string of the molecule is C[C@@H]1CCN(S(=O)(=O)[C@H]2CCOC2)CCN1Cc1ccccc1. The zero-order valence-electron chi connectivity index (χ0n) is 13.7. The Morgan fingerprint density at radius 2 is 1.91 bits per heavy atom. The summed E-state index contributed by atoms with van der Waals surface area (Å²) in [4.78, 5) is 2.38. The molecule has 0 aliphatic carbocycles. The Morgan fingerprint density at radius 3 is 2.61 bits per heavy atom. The summed E-state index contributed by atoms with van der Waals surface area (Å²) in [7, 11) is -3.22. The van der Waals surface area contributed by atoms with Crippen LogP contribution in [0.15, 0.2) is 30.3 Å². The molecule has 0 unspecified atom stereocenters. The van der Waals surface area contributed by atoms with E-state index in [0.717, 1.165) is 19.5 Å². The normalized spacial score (nSPS) is 27.9. The van der Waals surface area contributed by atoms with Crippen LogP contribution in [0.1, 0.15) is 25.3 Å². The van der Waals surface area contributed by atoms with E-state index >= 15 is 0 Å². The predicted octanol–water partition coefficient (Wildman–Crippen LogP) is 1.70. The minimum Gasteiger partial charge on any atom is -0.380 e. The van der Waals surface area contributed by atoms with Gasteiger partial charge in [0.25, 0.3) is 0 Å². The van der Waals surface area contributed by atoms with E-state index in [2.05, 4.69) is 36.1 Å². The zero-order valence-corrected chi connectivity index (χ0v) is 14.5. The average molecular weight is 338 g/mol. The lowest BCUT2D eigenvalue weighted by Gasteiger charge is -2.26. The molecule has 0 amide bonds. The van der Waals surface area contributed by atoms with Gasteiger partial charge in [-0.1, -0.05) is 30.3 Å². The van der Waals surface area contributed by atoms with Crippen LogP contribution in [0.2, 0.25) is 0 Å². The molecule has 0 saturated carbocycles. The second-order valence-corrected chi connectivity index (χ2v) is 8.74. The number of nitrogens with zero attached hydrogens (tertiary/aromatic N) is 2. The Kier molecular flexibility index (Phi) is 5.36. The van der Waals surface area contributed by atoms with Crippen molar-refractivity contribution in [2.24, 2.45) is 0 Å². The molecule has 6 heteroatoms. The first-order valence-corrected chi connectivity index (χ1v) is 9.92.